The van der Waals surface area contributed by atoms with Crippen molar-refractivity contribution in [3.05, 3.63) is 0 Å². The first-order valence-corrected chi connectivity index (χ1v) is 4.60. The van der Waals surface area contributed by atoms with E-state index in [4.69, 9.17) is 9.84 Å². The van der Waals surface area contributed by atoms with Crippen LogP contribution >= 0.6 is 0 Å². The molecule has 76 valence electrons. The molecule has 0 saturated carbocycles. The number of hydrogen-bond donors (Lipinski definition) is 1. The third kappa shape index (κ3) is 2.19. The summed E-state index contributed by atoms with van der Waals surface area (Å²) in [5.74, 6) is -0.0287. The van der Waals surface area contributed by atoms with Crippen molar-refractivity contribution in [3.8, 4) is 0 Å². The largest absolute Gasteiger partial charge is 0.395 e. The molecule has 0 bridgehead atoms. The Kier molecular flexibility index (Phi) is 3.27. The molecule has 1 amide bonds. The monoisotopic (exact) mass is 187 g/mol. The minimum absolute atomic E-state index is 0.00167. The number of rotatable bonds is 3. The van der Waals surface area contributed by atoms with Gasteiger partial charge in [-0.05, 0) is 19.8 Å². The smallest absolute Gasteiger partial charge is 0.254 e. The number of aliphatic hydroxyl groups excluding tert-OH is 1. The molecular weight excluding hydrogens is 170 g/mol. The SMILES string of the molecule is CN(CCO)C(=O)C1(C)CCCO1. The van der Waals surface area contributed by atoms with Crippen LogP contribution in [0.1, 0.15) is 19.8 Å². The number of aliphatic hydroxyl groups is 1. The predicted octanol–water partition coefficient (Wildman–Crippen LogP) is 0.00620. The van der Waals surface area contributed by atoms with Crippen LogP contribution in [0.4, 0.5) is 0 Å². The van der Waals surface area contributed by atoms with E-state index in [-0.39, 0.29) is 12.5 Å². The normalized spacial score (nSPS) is 27.6. The summed E-state index contributed by atoms with van der Waals surface area (Å²) in [6, 6.07) is 0. The summed E-state index contributed by atoms with van der Waals surface area (Å²) in [6.45, 7) is 2.85. The van der Waals surface area contributed by atoms with Crippen LogP contribution in [0.5, 0.6) is 0 Å². The second kappa shape index (κ2) is 4.07. The lowest BCUT2D eigenvalue weighted by Crippen LogP contribution is -2.45. The molecule has 4 heteroatoms. The van der Waals surface area contributed by atoms with Gasteiger partial charge in [0.2, 0.25) is 0 Å². The summed E-state index contributed by atoms with van der Waals surface area (Å²) in [5.41, 5.74) is -0.649. The van der Waals surface area contributed by atoms with Crippen molar-refractivity contribution in [3.63, 3.8) is 0 Å². The first-order chi connectivity index (χ1) is 6.10. The molecule has 13 heavy (non-hydrogen) atoms. The Labute approximate surface area is 78.5 Å². The number of hydrogen-bond acceptors (Lipinski definition) is 3. The van der Waals surface area contributed by atoms with Gasteiger partial charge in [-0.3, -0.25) is 4.79 Å². The van der Waals surface area contributed by atoms with Crippen molar-refractivity contribution < 1.29 is 14.6 Å². The van der Waals surface area contributed by atoms with E-state index in [0.29, 0.717) is 13.2 Å². The molecule has 0 aromatic rings. The van der Waals surface area contributed by atoms with Crippen molar-refractivity contribution in [1.29, 1.82) is 0 Å². The van der Waals surface area contributed by atoms with Gasteiger partial charge >= 0.3 is 0 Å². The highest BCUT2D eigenvalue weighted by molar-refractivity contribution is 5.84. The minimum atomic E-state index is -0.649. The highest BCUT2D eigenvalue weighted by atomic mass is 16.5. The van der Waals surface area contributed by atoms with E-state index < -0.39 is 5.60 Å². The number of carbonyl (C=O) groups excluding carboxylic acids is 1. The van der Waals surface area contributed by atoms with Crippen molar-refractivity contribution in [1.82, 2.24) is 4.90 Å². The molecule has 1 fully saturated rings. The maximum absolute atomic E-state index is 11.7. The van der Waals surface area contributed by atoms with Crippen molar-refractivity contribution >= 4 is 5.91 Å². The van der Waals surface area contributed by atoms with Crippen LogP contribution in [0, 0.1) is 0 Å². The summed E-state index contributed by atoms with van der Waals surface area (Å²) < 4.78 is 5.40. The fraction of sp³-hybridized carbons (Fsp3) is 0.889. The topological polar surface area (TPSA) is 49.8 Å². The molecule has 1 unspecified atom stereocenters. The first-order valence-electron chi connectivity index (χ1n) is 4.60. The van der Waals surface area contributed by atoms with Gasteiger partial charge in [-0.25, -0.2) is 0 Å². The average Bonchev–Trinajstić information content (AvgIpc) is 2.52. The van der Waals surface area contributed by atoms with Gasteiger partial charge in [-0.1, -0.05) is 0 Å². The number of carbonyl (C=O) groups is 1. The number of nitrogens with zero attached hydrogens (tertiary/aromatic N) is 1. The zero-order valence-corrected chi connectivity index (χ0v) is 8.25. The third-order valence-electron chi connectivity index (χ3n) is 2.45. The van der Waals surface area contributed by atoms with Gasteiger partial charge in [0, 0.05) is 20.2 Å². The minimum Gasteiger partial charge on any atom is -0.395 e. The van der Waals surface area contributed by atoms with Gasteiger partial charge in [-0.15, -0.1) is 0 Å². The van der Waals surface area contributed by atoms with E-state index in [1.807, 2.05) is 6.92 Å². The highest BCUT2D eigenvalue weighted by Gasteiger charge is 2.39. The lowest BCUT2D eigenvalue weighted by Gasteiger charge is -2.27. The zero-order chi connectivity index (χ0) is 9.90. The molecule has 0 spiro atoms. The zero-order valence-electron chi connectivity index (χ0n) is 8.25. The predicted molar refractivity (Wildman–Crippen MR) is 48.3 cm³/mol. The fourth-order valence-corrected chi connectivity index (χ4v) is 1.60. The quantitative estimate of drug-likeness (QED) is 0.677. The van der Waals surface area contributed by atoms with Crippen LogP contribution in [0.2, 0.25) is 0 Å². The van der Waals surface area contributed by atoms with E-state index in [9.17, 15) is 4.79 Å². The van der Waals surface area contributed by atoms with Crippen LogP contribution in [0.25, 0.3) is 0 Å². The molecule has 4 nitrogen and oxygen atoms in total. The van der Waals surface area contributed by atoms with Gasteiger partial charge in [0.05, 0.1) is 6.61 Å². The van der Waals surface area contributed by atoms with E-state index in [2.05, 4.69) is 0 Å². The molecule has 1 heterocycles. The molecule has 0 radical (unpaired) electrons. The van der Waals surface area contributed by atoms with Crippen LogP contribution < -0.4 is 0 Å². The molecule has 0 aliphatic carbocycles. The van der Waals surface area contributed by atoms with Gasteiger partial charge in [-0.2, -0.15) is 0 Å². The number of amides is 1. The maximum atomic E-state index is 11.7. The van der Waals surface area contributed by atoms with Crippen molar-refractivity contribution in [2.24, 2.45) is 0 Å². The third-order valence-corrected chi connectivity index (χ3v) is 2.45. The molecule has 1 rings (SSSR count). The second-order valence-electron chi connectivity index (χ2n) is 3.63. The molecule has 1 aliphatic rings. The summed E-state index contributed by atoms with van der Waals surface area (Å²) in [5, 5.41) is 8.68. The van der Waals surface area contributed by atoms with E-state index in [1.165, 1.54) is 4.90 Å². The maximum Gasteiger partial charge on any atom is 0.254 e. The van der Waals surface area contributed by atoms with Crippen LogP contribution in [-0.4, -0.2) is 48.3 Å². The first kappa shape index (κ1) is 10.5. The molecule has 1 saturated heterocycles. The Balaban J connectivity index is 2.54. The van der Waals surface area contributed by atoms with Gasteiger partial charge < -0.3 is 14.7 Å². The van der Waals surface area contributed by atoms with E-state index in [1.54, 1.807) is 7.05 Å². The van der Waals surface area contributed by atoms with Crippen LogP contribution in [0.15, 0.2) is 0 Å². The molecule has 1 aliphatic heterocycles. The van der Waals surface area contributed by atoms with Crippen molar-refractivity contribution in [2.75, 3.05) is 26.8 Å². The molecule has 0 aromatic carbocycles. The fourth-order valence-electron chi connectivity index (χ4n) is 1.60. The summed E-state index contributed by atoms with van der Waals surface area (Å²) in [6.07, 6.45) is 1.72. The second-order valence-corrected chi connectivity index (χ2v) is 3.63. The van der Waals surface area contributed by atoms with Gasteiger partial charge in [0.1, 0.15) is 5.60 Å². The summed E-state index contributed by atoms with van der Waals surface area (Å²) in [7, 11) is 1.69. The van der Waals surface area contributed by atoms with Gasteiger partial charge in [0.15, 0.2) is 0 Å². The molecule has 1 N–H and O–H groups in total. The van der Waals surface area contributed by atoms with Gasteiger partial charge in [0.25, 0.3) is 5.91 Å². The number of ether oxygens (including phenoxy) is 1. The Morgan fingerprint density at radius 3 is 2.85 bits per heavy atom. The van der Waals surface area contributed by atoms with Crippen molar-refractivity contribution in [2.45, 2.75) is 25.4 Å². The van der Waals surface area contributed by atoms with Crippen LogP contribution in [0.3, 0.4) is 0 Å². The summed E-state index contributed by atoms with van der Waals surface area (Å²) in [4.78, 5) is 13.3. The highest BCUT2D eigenvalue weighted by Crippen LogP contribution is 2.26. The molecule has 0 aromatic heterocycles. The lowest BCUT2D eigenvalue weighted by molar-refractivity contribution is -0.149. The number of likely N-dealkylation sites (N-methyl/N-ethyl adjacent to an activating group) is 1. The lowest BCUT2D eigenvalue weighted by atomic mass is 10.0. The van der Waals surface area contributed by atoms with Crippen LogP contribution in [-0.2, 0) is 9.53 Å². The summed E-state index contributed by atoms with van der Waals surface area (Å²) >= 11 is 0. The Morgan fingerprint density at radius 2 is 2.38 bits per heavy atom. The molecule has 1 atom stereocenters. The Morgan fingerprint density at radius 1 is 1.69 bits per heavy atom. The molecular formula is C9H17NO3. The standard InChI is InChI=1S/C9H17NO3/c1-9(4-3-7-13-9)8(12)10(2)5-6-11/h11H,3-7H2,1-2H3. The Hall–Kier alpha value is -0.610. The van der Waals surface area contributed by atoms with E-state index in [0.717, 1.165) is 12.8 Å². The van der Waals surface area contributed by atoms with E-state index >= 15 is 0 Å². The Bertz CT molecular complexity index is 187. The average molecular weight is 187 g/mol.